The van der Waals surface area contributed by atoms with E-state index in [9.17, 15) is 9.59 Å². The maximum atomic E-state index is 12.4. The Morgan fingerprint density at radius 1 is 1.26 bits per heavy atom. The van der Waals surface area contributed by atoms with Gasteiger partial charge in [0.1, 0.15) is 0 Å². The van der Waals surface area contributed by atoms with Gasteiger partial charge in [0.2, 0.25) is 5.91 Å². The van der Waals surface area contributed by atoms with E-state index in [1.54, 1.807) is 4.90 Å². The number of carboxylic acid groups (broad SMARTS) is 1. The van der Waals surface area contributed by atoms with Crippen LogP contribution in [0.15, 0.2) is 0 Å². The second kappa shape index (κ2) is 8.18. The number of nitrogens with zero attached hydrogens (tertiary/aromatic N) is 1. The van der Waals surface area contributed by atoms with Gasteiger partial charge in [-0.1, -0.05) is 32.6 Å². The molecule has 1 amide bonds. The zero-order valence-corrected chi connectivity index (χ0v) is 12.2. The van der Waals surface area contributed by atoms with Crippen LogP contribution >= 0.6 is 0 Å². The number of amides is 1. The number of carboxylic acids is 1. The molecule has 0 aromatic rings. The van der Waals surface area contributed by atoms with Crippen LogP contribution in [0.1, 0.15) is 58.8 Å². The maximum absolute atomic E-state index is 12.4. The van der Waals surface area contributed by atoms with Gasteiger partial charge in [0.05, 0.1) is 6.42 Å². The van der Waals surface area contributed by atoms with Gasteiger partial charge in [-0.05, 0) is 25.7 Å². The third kappa shape index (κ3) is 5.21. The van der Waals surface area contributed by atoms with Crippen molar-refractivity contribution >= 4 is 11.9 Å². The molecular weight excluding hydrogens is 242 g/mol. The van der Waals surface area contributed by atoms with Gasteiger partial charge >= 0.3 is 5.97 Å². The lowest BCUT2D eigenvalue weighted by Crippen LogP contribution is -2.38. The van der Waals surface area contributed by atoms with Gasteiger partial charge in [0.25, 0.3) is 0 Å². The molecule has 1 atom stereocenters. The monoisotopic (exact) mass is 269 g/mol. The first-order valence-corrected chi connectivity index (χ1v) is 7.59. The fourth-order valence-corrected chi connectivity index (χ4v) is 3.00. The zero-order valence-electron chi connectivity index (χ0n) is 12.2. The summed E-state index contributed by atoms with van der Waals surface area (Å²) in [4.78, 5) is 24.8. The van der Waals surface area contributed by atoms with Crippen LogP contribution in [0.25, 0.3) is 0 Å². The van der Waals surface area contributed by atoms with Crippen LogP contribution in [0.3, 0.4) is 0 Å². The summed E-state index contributed by atoms with van der Waals surface area (Å²) < 4.78 is 0. The highest BCUT2D eigenvalue weighted by Gasteiger charge is 2.26. The fraction of sp³-hybridized carbons (Fsp3) is 0.867. The summed E-state index contributed by atoms with van der Waals surface area (Å²) in [5.41, 5.74) is 0. The minimum Gasteiger partial charge on any atom is -0.481 e. The fourth-order valence-electron chi connectivity index (χ4n) is 3.00. The summed E-state index contributed by atoms with van der Waals surface area (Å²) >= 11 is 0. The first-order chi connectivity index (χ1) is 9.08. The Labute approximate surface area is 116 Å². The summed E-state index contributed by atoms with van der Waals surface area (Å²) in [6.45, 7) is 4.92. The lowest BCUT2D eigenvalue weighted by molar-refractivity contribution is -0.140. The van der Waals surface area contributed by atoms with Gasteiger partial charge in [-0.15, -0.1) is 0 Å². The van der Waals surface area contributed by atoms with Crippen molar-refractivity contribution in [3.05, 3.63) is 0 Å². The molecule has 1 saturated carbocycles. The highest BCUT2D eigenvalue weighted by molar-refractivity contribution is 5.79. The Balaban J connectivity index is 2.50. The normalized spacial score (nSPS) is 17.4. The second-order valence-electron chi connectivity index (χ2n) is 5.55. The molecule has 1 unspecified atom stereocenters. The Kier molecular flexibility index (Phi) is 6.89. The number of carbonyl (C=O) groups is 2. The van der Waals surface area contributed by atoms with Crippen molar-refractivity contribution in [2.24, 2.45) is 11.8 Å². The summed E-state index contributed by atoms with van der Waals surface area (Å²) in [6, 6.07) is 0. The molecule has 0 radical (unpaired) electrons. The van der Waals surface area contributed by atoms with Crippen LogP contribution in [0.2, 0.25) is 0 Å². The van der Waals surface area contributed by atoms with Crippen LogP contribution in [-0.4, -0.2) is 35.0 Å². The van der Waals surface area contributed by atoms with Gasteiger partial charge in [-0.25, -0.2) is 0 Å². The van der Waals surface area contributed by atoms with E-state index >= 15 is 0 Å². The molecule has 0 aromatic carbocycles. The van der Waals surface area contributed by atoms with Gasteiger partial charge < -0.3 is 10.0 Å². The van der Waals surface area contributed by atoms with E-state index in [2.05, 4.69) is 6.92 Å². The standard InChI is InChI=1S/C15H27NO3/c1-3-13(11-12-7-5-6-8-12)15(19)16(4-2)10-9-14(17)18/h12-13H,3-11H2,1-2H3,(H,17,18). The van der Waals surface area contributed by atoms with E-state index in [1.165, 1.54) is 25.7 Å². The quantitative estimate of drug-likeness (QED) is 0.737. The van der Waals surface area contributed by atoms with Crippen molar-refractivity contribution in [3.63, 3.8) is 0 Å². The number of rotatable bonds is 8. The minimum atomic E-state index is -0.838. The highest BCUT2D eigenvalue weighted by atomic mass is 16.4. The molecule has 110 valence electrons. The molecule has 0 saturated heterocycles. The number of hydrogen-bond donors (Lipinski definition) is 1. The Morgan fingerprint density at radius 3 is 2.37 bits per heavy atom. The van der Waals surface area contributed by atoms with Crippen LogP contribution in [0.4, 0.5) is 0 Å². The minimum absolute atomic E-state index is 0.0411. The van der Waals surface area contributed by atoms with E-state index in [1.807, 2.05) is 6.92 Å². The zero-order chi connectivity index (χ0) is 14.3. The molecule has 1 aliphatic carbocycles. The van der Waals surface area contributed by atoms with Crippen molar-refractivity contribution in [2.45, 2.75) is 58.8 Å². The van der Waals surface area contributed by atoms with E-state index in [4.69, 9.17) is 5.11 Å². The first-order valence-electron chi connectivity index (χ1n) is 7.59. The molecule has 1 fully saturated rings. The molecule has 1 rings (SSSR count). The number of hydrogen-bond acceptors (Lipinski definition) is 2. The predicted octanol–water partition coefficient (Wildman–Crippen LogP) is 2.92. The Bertz CT molecular complexity index is 298. The molecule has 0 aromatic heterocycles. The Hall–Kier alpha value is -1.06. The molecule has 0 bridgehead atoms. The SMILES string of the molecule is CCC(CC1CCCC1)C(=O)N(CC)CCC(=O)O. The molecule has 19 heavy (non-hydrogen) atoms. The smallest absolute Gasteiger partial charge is 0.305 e. The van der Waals surface area contributed by atoms with Crippen molar-refractivity contribution in [1.82, 2.24) is 4.90 Å². The topological polar surface area (TPSA) is 57.6 Å². The molecule has 1 N–H and O–H groups in total. The number of aliphatic carboxylic acids is 1. The van der Waals surface area contributed by atoms with E-state index in [0.29, 0.717) is 19.0 Å². The van der Waals surface area contributed by atoms with Gasteiger partial charge in [0.15, 0.2) is 0 Å². The van der Waals surface area contributed by atoms with Crippen LogP contribution in [0, 0.1) is 11.8 Å². The van der Waals surface area contributed by atoms with Gasteiger partial charge in [-0.2, -0.15) is 0 Å². The second-order valence-corrected chi connectivity index (χ2v) is 5.55. The highest BCUT2D eigenvalue weighted by Crippen LogP contribution is 2.31. The van der Waals surface area contributed by atoms with E-state index in [0.717, 1.165) is 12.8 Å². The summed E-state index contributed by atoms with van der Waals surface area (Å²) in [6.07, 6.45) is 6.99. The van der Waals surface area contributed by atoms with Gasteiger partial charge in [-0.3, -0.25) is 9.59 Å². The van der Waals surface area contributed by atoms with Crippen LogP contribution < -0.4 is 0 Å². The van der Waals surface area contributed by atoms with Crippen molar-refractivity contribution < 1.29 is 14.7 Å². The van der Waals surface area contributed by atoms with Gasteiger partial charge in [0, 0.05) is 19.0 Å². The molecule has 0 heterocycles. The Morgan fingerprint density at radius 2 is 1.89 bits per heavy atom. The average molecular weight is 269 g/mol. The average Bonchev–Trinajstić information content (AvgIpc) is 2.88. The van der Waals surface area contributed by atoms with Crippen molar-refractivity contribution in [1.29, 1.82) is 0 Å². The lowest BCUT2D eigenvalue weighted by Gasteiger charge is -2.26. The third-order valence-corrected chi connectivity index (χ3v) is 4.22. The summed E-state index contributed by atoms with van der Waals surface area (Å²) in [5, 5.41) is 8.73. The predicted molar refractivity (Wildman–Crippen MR) is 74.9 cm³/mol. The first kappa shape index (κ1) is 16.0. The van der Waals surface area contributed by atoms with Crippen molar-refractivity contribution in [3.8, 4) is 0 Å². The van der Waals surface area contributed by atoms with Crippen LogP contribution in [-0.2, 0) is 9.59 Å². The van der Waals surface area contributed by atoms with E-state index < -0.39 is 5.97 Å². The largest absolute Gasteiger partial charge is 0.481 e. The summed E-state index contributed by atoms with van der Waals surface area (Å²) in [7, 11) is 0. The van der Waals surface area contributed by atoms with E-state index in [-0.39, 0.29) is 18.2 Å². The third-order valence-electron chi connectivity index (χ3n) is 4.22. The molecule has 0 aliphatic heterocycles. The summed E-state index contributed by atoms with van der Waals surface area (Å²) in [5.74, 6) is 0.0946. The lowest BCUT2D eigenvalue weighted by atomic mass is 9.90. The molecule has 0 spiro atoms. The maximum Gasteiger partial charge on any atom is 0.305 e. The molecule has 4 nitrogen and oxygen atoms in total. The number of carbonyl (C=O) groups excluding carboxylic acids is 1. The molecule has 4 heteroatoms. The van der Waals surface area contributed by atoms with Crippen molar-refractivity contribution in [2.75, 3.05) is 13.1 Å². The molecule has 1 aliphatic rings. The molecular formula is C15H27NO3. The van der Waals surface area contributed by atoms with Crippen LogP contribution in [0.5, 0.6) is 0 Å².